The number of rotatable bonds is 5. The zero-order valence-corrected chi connectivity index (χ0v) is 16.6. The number of carbonyl (C=O) groups excluding carboxylic acids is 1. The Balaban J connectivity index is 2.11. The van der Waals surface area contributed by atoms with Crippen molar-refractivity contribution in [2.45, 2.75) is 32.4 Å². The van der Waals surface area contributed by atoms with E-state index in [0.717, 1.165) is 5.56 Å². The Morgan fingerprint density at radius 3 is 2.60 bits per heavy atom. The number of alkyl carbamates (subject to hydrolysis) is 1. The van der Waals surface area contributed by atoms with Crippen molar-refractivity contribution in [2.24, 2.45) is 0 Å². The molecule has 2 rings (SSSR count). The molecular formula is C18H20BrClN2O3. The van der Waals surface area contributed by atoms with Gasteiger partial charge in [-0.2, -0.15) is 0 Å². The first-order valence-corrected chi connectivity index (χ1v) is 8.89. The highest BCUT2D eigenvalue weighted by atomic mass is 79.9. The highest BCUT2D eigenvalue weighted by Gasteiger charge is 2.21. The van der Waals surface area contributed by atoms with Crippen LogP contribution in [-0.4, -0.2) is 23.2 Å². The Morgan fingerprint density at radius 1 is 1.32 bits per heavy atom. The molecule has 0 saturated heterocycles. The average Bonchev–Trinajstić information content (AvgIpc) is 2.52. The number of nitrogens with zero attached hydrogens (tertiary/aromatic N) is 1. The summed E-state index contributed by atoms with van der Waals surface area (Å²) in [5.74, 6) is 0.380. The van der Waals surface area contributed by atoms with Gasteiger partial charge in [0.1, 0.15) is 6.61 Å². The second-order valence-electron chi connectivity index (χ2n) is 6.43. The molecule has 1 aromatic carbocycles. The molecule has 0 spiro atoms. The third kappa shape index (κ3) is 6.55. The lowest BCUT2D eigenvalue weighted by molar-refractivity contribution is 0.0587. The second-order valence-corrected chi connectivity index (χ2v) is 7.72. The molecule has 1 atom stereocenters. The topological polar surface area (TPSA) is 60.5 Å². The molecule has 1 amide bonds. The van der Waals surface area contributed by atoms with Gasteiger partial charge in [-0.05, 0) is 48.3 Å². The first kappa shape index (κ1) is 19.5. The van der Waals surface area contributed by atoms with Crippen molar-refractivity contribution in [1.82, 2.24) is 10.3 Å². The maximum atomic E-state index is 12.1. The lowest BCUT2D eigenvalue weighted by Crippen LogP contribution is -2.41. The number of amides is 1. The highest BCUT2D eigenvalue weighted by Crippen LogP contribution is 2.27. The number of halogens is 2. The van der Waals surface area contributed by atoms with Crippen LogP contribution in [0.2, 0.25) is 5.02 Å². The average molecular weight is 428 g/mol. The molecule has 2 aromatic rings. The predicted octanol–water partition coefficient (Wildman–Crippen LogP) is 5.14. The smallest absolute Gasteiger partial charge is 0.408 e. The number of ether oxygens (including phenoxy) is 2. The summed E-state index contributed by atoms with van der Waals surface area (Å²) in [5.41, 5.74) is 0.441. The third-order valence-electron chi connectivity index (χ3n) is 3.04. The van der Waals surface area contributed by atoms with Gasteiger partial charge in [0.15, 0.2) is 6.10 Å². The fourth-order valence-corrected chi connectivity index (χ4v) is 2.75. The van der Waals surface area contributed by atoms with Gasteiger partial charge >= 0.3 is 6.09 Å². The minimum Gasteiger partial charge on any atom is -0.473 e. The van der Waals surface area contributed by atoms with E-state index in [0.29, 0.717) is 15.4 Å². The van der Waals surface area contributed by atoms with E-state index >= 15 is 0 Å². The number of benzene rings is 1. The molecule has 0 aliphatic carbocycles. The van der Waals surface area contributed by atoms with E-state index in [4.69, 9.17) is 21.1 Å². The van der Waals surface area contributed by atoms with Gasteiger partial charge in [-0.25, -0.2) is 9.78 Å². The van der Waals surface area contributed by atoms with Crippen LogP contribution in [0.3, 0.4) is 0 Å². The molecule has 0 aliphatic heterocycles. The van der Waals surface area contributed by atoms with E-state index in [9.17, 15) is 4.79 Å². The molecule has 5 nitrogen and oxygen atoms in total. The fraction of sp³-hybridized carbons (Fsp3) is 0.333. The molecule has 0 bridgehead atoms. The third-order valence-corrected chi connectivity index (χ3v) is 3.82. The summed E-state index contributed by atoms with van der Waals surface area (Å²) in [5, 5.41) is 3.28. The van der Waals surface area contributed by atoms with Crippen molar-refractivity contribution in [2.75, 3.05) is 6.61 Å². The highest BCUT2D eigenvalue weighted by molar-refractivity contribution is 9.10. The van der Waals surface area contributed by atoms with Crippen molar-refractivity contribution in [3.05, 3.63) is 57.7 Å². The first-order valence-electron chi connectivity index (χ1n) is 7.72. The molecule has 25 heavy (non-hydrogen) atoms. The zero-order chi connectivity index (χ0) is 18.4. The van der Waals surface area contributed by atoms with Crippen molar-refractivity contribution < 1.29 is 14.3 Å². The normalized spacial score (nSPS) is 12.4. The molecule has 0 fully saturated rings. The lowest BCUT2D eigenvalue weighted by atomic mass is 10.1. The van der Waals surface area contributed by atoms with Gasteiger partial charge in [-0.15, -0.1) is 0 Å². The largest absolute Gasteiger partial charge is 0.473 e. The summed E-state index contributed by atoms with van der Waals surface area (Å²) in [6.45, 7) is 5.78. The van der Waals surface area contributed by atoms with E-state index in [1.165, 1.54) is 6.20 Å². The minimum atomic E-state index is -0.576. The van der Waals surface area contributed by atoms with Gasteiger partial charge in [0, 0.05) is 11.7 Å². The molecule has 1 heterocycles. The maximum Gasteiger partial charge on any atom is 0.408 e. The SMILES string of the molecule is CC(C)(C)NC(=O)O[C@H](COc1ncc(Cl)cc1Br)c1ccccc1. The lowest BCUT2D eigenvalue weighted by Gasteiger charge is -2.24. The number of carbonyl (C=O) groups is 1. The zero-order valence-electron chi connectivity index (χ0n) is 14.3. The molecule has 134 valence electrons. The van der Waals surface area contributed by atoms with Gasteiger partial charge < -0.3 is 14.8 Å². The van der Waals surface area contributed by atoms with Crippen molar-refractivity contribution in [3.8, 4) is 5.88 Å². The predicted molar refractivity (Wildman–Crippen MR) is 101 cm³/mol. The van der Waals surface area contributed by atoms with E-state index in [1.54, 1.807) is 6.07 Å². The quantitative estimate of drug-likeness (QED) is 0.717. The van der Waals surface area contributed by atoms with Crippen LogP contribution in [0.1, 0.15) is 32.4 Å². The summed E-state index contributed by atoms with van der Waals surface area (Å²) >= 11 is 9.23. The van der Waals surface area contributed by atoms with E-state index in [-0.39, 0.29) is 12.1 Å². The van der Waals surface area contributed by atoms with E-state index in [2.05, 4.69) is 26.2 Å². The van der Waals surface area contributed by atoms with Gasteiger partial charge in [-0.1, -0.05) is 41.9 Å². The Labute approximate surface area is 160 Å². The van der Waals surface area contributed by atoms with Gasteiger partial charge in [0.25, 0.3) is 0 Å². The monoisotopic (exact) mass is 426 g/mol. The fourth-order valence-electron chi connectivity index (χ4n) is 1.99. The molecule has 0 unspecified atom stereocenters. The van der Waals surface area contributed by atoms with Gasteiger partial charge in [-0.3, -0.25) is 0 Å². The number of nitrogens with one attached hydrogen (secondary N) is 1. The van der Waals surface area contributed by atoms with Crippen molar-refractivity contribution in [1.29, 1.82) is 0 Å². The van der Waals surface area contributed by atoms with Gasteiger partial charge in [0.2, 0.25) is 5.88 Å². The Kier molecular flexibility index (Phi) is 6.67. The number of hydrogen-bond donors (Lipinski definition) is 1. The van der Waals surface area contributed by atoms with Crippen LogP contribution in [0.25, 0.3) is 0 Å². The summed E-state index contributed by atoms with van der Waals surface area (Å²) in [4.78, 5) is 16.3. The van der Waals surface area contributed by atoms with Crippen LogP contribution in [0.15, 0.2) is 47.1 Å². The van der Waals surface area contributed by atoms with Crippen LogP contribution < -0.4 is 10.1 Å². The summed E-state index contributed by atoms with van der Waals surface area (Å²) in [6, 6.07) is 11.1. The molecule has 1 aromatic heterocycles. The van der Waals surface area contributed by atoms with E-state index < -0.39 is 12.2 Å². The van der Waals surface area contributed by atoms with Crippen molar-refractivity contribution >= 4 is 33.6 Å². The maximum absolute atomic E-state index is 12.1. The standard InChI is InChI=1S/C18H20BrClN2O3/c1-18(2,3)22-17(23)25-15(12-7-5-4-6-8-12)11-24-16-14(19)9-13(20)10-21-16/h4-10,15H,11H2,1-3H3,(H,22,23)/t15-/m1/s1. The molecule has 0 aliphatic rings. The second kappa shape index (κ2) is 8.54. The van der Waals surface area contributed by atoms with Crippen LogP contribution >= 0.6 is 27.5 Å². The van der Waals surface area contributed by atoms with Gasteiger partial charge in [0.05, 0.1) is 9.50 Å². The number of aromatic nitrogens is 1. The van der Waals surface area contributed by atoms with E-state index in [1.807, 2.05) is 51.1 Å². The summed E-state index contributed by atoms with van der Waals surface area (Å²) in [7, 11) is 0. The Bertz CT molecular complexity index is 720. The Morgan fingerprint density at radius 2 is 2.00 bits per heavy atom. The first-order chi connectivity index (χ1) is 11.7. The number of pyridine rings is 1. The van der Waals surface area contributed by atoms with Crippen LogP contribution in [0.5, 0.6) is 5.88 Å². The van der Waals surface area contributed by atoms with Crippen LogP contribution in [0.4, 0.5) is 4.79 Å². The minimum absolute atomic E-state index is 0.120. The molecule has 1 N–H and O–H groups in total. The molecule has 7 heteroatoms. The molecule has 0 radical (unpaired) electrons. The van der Waals surface area contributed by atoms with Crippen molar-refractivity contribution in [3.63, 3.8) is 0 Å². The van der Waals surface area contributed by atoms with Crippen LogP contribution in [-0.2, 0) is 4.74 Å². The number of hydrogen-bond acceptors (Lipinski definition) is 4. The summed E-state index contributed by atoms with van der Waals surface area (Å²) < 4.78 is 11.9. The summed E-state index contributed by atoms with van der Waals surface area (Å²) in [6.07, 6.45) is 0.410. The van der Waals surface area contributed by atoms with Crippen LogP contribution in [0, 0.1) is 0 Å². The molecular weight excluding hydrogens is 408 g/mol. The Hall–Kier alpha value is -1.79. The molecule has 0 saturated carbocycles.